The van der Waals surface area contributed by atoms with Gasteiger partial charge in [-0.3, -0.25) is 0 Å². The van der Waals surface area contributed by atoms with E-state index < -0.39 is 0 Å². The molecule has 0 spiro atoms. The molecule has 0 saturated carbocycles. The van der Waals surface area contributed by atoms with Gasteiger partial charge < -0.3 is 0 Å². The van der Waals surface area contributed by atoms with Gasteiger partial charge in [-0.05, 0) is 17.7 Å². The van der Waals surface area contributed by atoms with Crippen LogP contribution in [0.4, 0.5) is 0 Å². The van der Waals surface area contributed by atoms with E-state index in [-0.39, 0.29) is 0 Å². The van der Waals surface area contributed by atoms with Crippen molar-refractivity contribution in [2.75, 3.05) is 0 Å². The summed E-state index contributed by atoms with van der Waals surface area (Å²) in [6.45, 7) is 2.12. The van der Waals surface area contributed by atoms with Crippen LogP contribution in [0.25, 0.3) is 10.8 Å². The van der Waals surface area contributed by atoms with Crippen LogP contribution in [-0.4, -0.2) is 0 Å². The van der Waals surface area contributed by atoms with Crippen LogP contribution in [0.3, 0.4) is 0 Å². The van der Waals surface area contributed by atoms with Gasteiger partial charge in [0.2, 0.25) is 0 Å². The van der Waals surface area contributed by atoms with Gasteiger partial charge in [-0.1, -0.05) is 84.4 Å². The van der Waals surface area contributed by atoms with Crippen molar-refractivity contribution in [1.29, 1.82) is 0 Å². The molecule has 3 rings (SSSR count). The van der Waals surface area contributed by atoms with Crippen molar-refractivity contribution < 1.29 is 0 Å². The lowest BCUT2D eigenvalue weighted by Crippen LogP contribution is -1.73. The highest BCUT2D eigenvalue weighted by molar-refractivity contribution is 5.82. The Morgan fingerprint density at radius 3 is 1.65 bits per heavy atom. The van der Waals surface area contributed by atoms with Crippen molar-refractivity contribution in [3.05, 3.63) is 84.4 Å². The molecular weight excluding hydrogens is 204 g/mol. The van der Waals surface area contributed by atoms with Gasteiger partial charge in [-0.15, -0.1) is 0 Å². The summed E-state index contributed by atoms with van der Waals surface area (Å²) in [4.78, 5) is 0. The van der Waals surface area contributed by atoms with E-state index in [1.807, 2.05) is 36.4 Å². The summed E-state index contributed by atoms with van der Waals surface area (Å²) in [6, 6.07) is 26.9. The first-order chi connectivity index (χ1) is 8.36. The largest absolute Gasteiger partial charge is 0.0623 e. The SMILES string of the molecule is Cc1ccc2ccccc2c1.c1ccccc1. The zero-order valence-corrected chi connectivity index (χ0v) is 10.0. The predicted molar refractivity (Wildman–Crippen MR) is 75.1 cm³/mol. The lowest BCUT2D eigenvalue weighted by atomic mass is 10.1. The fourth-order valence-corrected chi connectivity index (χ4v) is 1.69. The van der Waals surface area contributed by atoms with Gasteiger partial charge in [0.25, 0.3) is 0 Å². The van der Waals surface area contributed by atoms with Crippen molar-refractivity contribution in [2.45, 2.75) is 6.92 Å². The lowest BCUT2D eigenvalue weighted by molar-refractivity contribution is 1.51. The highest BCUT2D eigenvalue weighted by Crippen LogP contribution is 2.14. The summed E-state index contributed by atoms with van der Waals surface area (Å²) in [5, 5.41) is 2.64. The zero-order chi connectivity index (χ0) is 11.9. The summed E-state index contributed by atoms with van der Waals surface area (Å²) in [6.07, 6.45) is 0. The third kappa shape index (κ3) is 3.46. The molecule has 0 fully saturated rings. The molecular formula is C17H16. The molecule has 0 N–H and O–H groups in total. The number of hydrogen-bond donors (Lipinski definition) is 0. The van der Waals surface area contributed by atoms with E-state index >= 15 is 0 Å². The Balaban J connectivity index is 0.000000153. The van der Waals surface area contributed by atoms with E-state index in [9.17, 15) is 0 Å². The molecule has 3 aromatic rings. The smallest absolute Gasteiger partial charge is 0.0181 e. The van der Waals surface area contributed by atoms with E-state index in [1.165, 1.54) is 16.3 Å². The molecule has 0 aliphatic heterocycles. The normalized spacial score (nSPS) is 9.47. The Morgan fingerprint density at radius 2 is 1.06 bits per heavy atom. The summed E-state index contributed by atoms with van der Waals surface area (Å²) in [5.74, 6) is 0. The number of fused-ring (bicyclic) bond motifs is 1. The molecule has 0 heterocycles. The van der Waals surface area contributed by atoms with Crippen LogP contribution in [0.5, 0.6) is 0 Å². The maximum absolute atomic E-state index is 2.20. The number of rotatable bonds is 0. The maximum atomic E-state index is 2.20. The monoisotopic (exact) mass is 220 g/mol. The molecule has 0 aliphatic carbocycles. The predicted octanol–water partition coefficient (Wildman–Crippen LogP) is 4.83. The molecule has 0 unspecified atom stereocenters. The summed E-state index contributed by atoms with van der Waals surface area (Å²) >= 11 is 0. The van der Waals surface area contributed by atoms with E-state index in [0.717, 1.165) is 0 Å². The van der Waals surface area contributed by atoms with Crippen molar-refractivity contribution in [3.8, 4) is 0 Å². The molecule has 0 heteroatoms. The Bertz CT molecular complexity index is 541. The van der Waals surface area contributed by atoms with Crippen molar-refractivity contribution >= 4 is 10.8 Å². The van der Waals surface area contributed by atoms with E-state index in [4.69, 9.17) is 0 Å². The van der Waals surface area contributed by atoms with E-state index in [1.54, 1.807) is 0 Å². The Morgan fingerprint density at radius 1 is 0.529 bits per heavy atom. The van der Waals surface area contributed by atoms with Gasteiger partial charge in [0.15, 0.2) is 0 Å². The first-order valence-electron chi connectivity index (χ1n) is 5.82. The van der Waals surface area contributed by atoms with Gasteiger partial charge in [0.05, 0.1) is 0 Å². The molecule has 0 aliphatic rings. The Labute approximate surface area is 103 Å². The topological polar surface area (TPSA) is 0 Å². The van der Waals surface area contributed by atoms with Crippen molar-refractivity contribution in [2.24, 2.45) is 0 Å². The van der Waals surface area contributed by atoms with Crippen LogP contribution in [0.15, 0.2) is 78.9 Å². The average molecular weight is 220 g/mol. The minimum atomic E-state index is 1.32. The number of hydrogen-bond acceptors (Lipinski definition) is 0. The summed E-state index contributed by atoms with van der Waals surface area (Å²) < 4.78 is 0. The molecule has 0 nitrogen and oxygen atoms in total. The molecule has 0 amide bonds. The molecule has 0 bridgehead atoms. The van der Waals surface area contributed by atoms with E-state index in [2.05, 4.69) is 49.4 Å². The number of benzene rings is 3. The molecule has 3 aromatic carbocycles. The van der Waals surface area contributed by atoms with Crippen molar-refractivity contribution in [3.63, 3.8) is 0 Å². The molecule has 0 saturated heterocycles. The molecule has 0 atom stereocenters. The summed E-state index contributed by atoms with van der Waals surface area (Å²) in [7, 11) is 0. The van der Waals surface area contributed by atoms with Crippen LogP contribution in [-0.2, 0) is 0 Å². The average Bonchev–Trinajstić information content (AvgIpc) is 2.41. The second kappa shape index (κ2) is 5.86. The molecule has 0 radical (unpaired) electrons. The van der Waals surface area contributed by atoms with Gasteiger partial charge in [-0.25, -0.2) is 0 Å². The van der Waals surface area contributed by atoms with Crippen LogP contribution in [0.2, 0.25) is 0 Å². The highest BCUT2D eigenvalue weighted by atomic mass is 13.9. The standard InChI is InChI=1S/C11H10.C6H6/c1-9-6-7-10-4-2-3-5-11(10)8-9;1-2-4-6-5-3-1/h2-8H,1H3;1-6H. The lowest BCUT2D eigenvalue weighted by Gasteiger charge is -1.96. The van der Waals surface area contributed by atoms with Crippen LogP contribution >= 0.6 is 0 Å². The molecule has 84 valence electrons. The summed E-state index contributed by atoms with van der Waals surface area (Å²) in [5.41, 5.74) is 1.32. The second-order valence-corrected chi connectivity index (χ2v) is 4.01. The fourth-order valence-electron chi connectivity index (χ4n) is 1.69. The third-order valence-corrected chi connectivity index (χ3v) is 2.57. The maximum Gasteiger partial charge on any atom is -0.0181 e. The molecule has 17 heavy (non-hydrogen) atoms. The van der Waals surface area contributed by atoms with Gasteiger partial charge in [0.1, 0.15) is 0 Å². The van der Waals surface area contributed by atoms with Crippen molar-refractivity contribution in [1.82, 2.24) is 0 Å². The first-order valence-corrected chi connectivity index (χ1v) is 5.82. The Hall–Kier alpha value is -2.08. The third-order valence-electron chi connectivity index (χ3n) is 2.57. The second-order valence-electron chi connectivity index (χ2n) is 4.01. The minimum absolute atomic E-state index is 1.32. The van der Waals surface area contributed by atoms with Crippen LogP contribution in [0.1, 0.15) is 5.56 Å². The van der Waals surface area contributed by atoms with E-state index in [0.29, 0.717) is 0 Å². The first kappa shape index (κ1) is 11.4. The highest BCUT2D eigenvalue weighted by Gasteiger charge is 1.89. The van der Waals surface area contributed by atoms with Gasteiger partial charge in [0, 0.05) is 0 Å². The van der Waals surface area contributed by atoms with Gasteiger partial charge >= 0.3 is 0 Å². The zero-order valence-electron chi connectivity index (χ0n) is 10.0. The fraction of sp³-hybridized carbons (Fsp3) is 0.0588. The van der Waals surface area contributed by atoms with Crippen LogP contribution in [0, 0.1) is 6.92 Å². The molecule has 0 aromatic heterocycles. The quantitative estimate of drug-likeness (QED) is 0.509. The number of aryl methyl sites for hydroxylation is 1. The Kier molecular flexibility index (Phi) is 3.93. The van der Waals surface area contributed by atoms with Gasteiger partial charge in [-0.2, -0.15) is 0 Å². The van der Waals surface area contributed by atoms with Crippen LogP contribution < -0.4 is 0 Å². The minimum Gasteiger partial charge on any atom is -0.0623 e.